The fourth-order valence-corrected chi connectivity index (χ4v) is 2.49. The zero-order valence-corrected chi connectivity index (χ0v) is 10.9. The molecule has 1 atom stereocenters. The second kappa shape index (κ2) is 5.84. The third-order valence-electron chi connectivity index (χ3n) is 3.32. The summed E-state index contributed by atoms with van der Waals surface area (Å²) in [5.41, 5.74) is 1.17. The minimum Gasteiger partial charge on any atom is -0.478 e. The van der Waals surface area contributed by atoms with Gasteiger partial charge in [-0.1, -0.05) is 18.2 Å². The summed E-state index contributed by atoms with van der Waals surface area (Å²) < 4.78 is 0. The normalized spacial score (nSPS) is 19.3. The van der Waals surface area contributed by atoms with Gasteiger partial charge in [-0.05, 0) is 18.1 Å². The predicted molar refractivity (Wildman–Crippen MR) is 70.9 cm³/mol. The number of carbonyl (C=O) groups excluding carboxylic acids is 1. The monoisotopic (exact) mass is 262 g/mol. The molecule has 5 nitrogen and oxygen atoms in total. The van der Waals surface area contributed by atoms with E-state index in [1.54, 1.807) is 12.1 Å². The first-order valence-corrected chi connectivity index (χ1v) is 6.37. The SMILES string of the molecule is CC(=O)NC1CCN(Cc2ccccc2C(=O)O)C1. The number of hydrogen-bond acceptors (Lipinski definition) is 3. The van der Waals surface area contributed by atoms with Crippen LogP contribution in [0.25, 0.3) is 0 Å². The molecule has 1 aliphatic heterocycles. The van der Waals surface area contributed by atoms with Gasteiger partial charge in [0.25, 0.3) is 0 Å². The molecule has 1 aromatic rings. The Balaban J connectivity index is 1.99. The fourth-order valence-electron chi connectivity index (χ4n) is 2.49. The molecule has 1 aliphatic rings. The lowest BCUT2D eigenvalue weighted by Crippen LogP contribution is -2.35. The van der Waals surface area contributed by atoms with Crippen LogP contribution >= 0.6 is 0 Å². The summed E-state index contributed by atoms with van der Waals surface area (Å²) in [7, 11) is 0. The quantitative estimate of drug-likeness (QED) is 0.852. The van der Waals surface area contributed by atoms with Crippen molar-refractivity contribution in [1.29, 1.82) is 0 Å². The van der Waals surface area contributed by atoms with Crippen LogP contribution < -0.4 is 5.32 Å². The number of carbonyl (C=O) groups is 2. The molecule has 0 bridgehead atoms. The van der Waals surface area contributed by atoms with Gasteiger partial charge in [-0.15, -0.1) is 0 Å². The highest BCUT2D eigenvalue weighted by molar-refractivity contribution is 5.89. The Kier molecular flexibility index (Phi) is 4.16. The number of hydrogen-bond donors (Lipinski definition) is 2. The van der Waals surface area contributed by atoms with Crippen molar-refractivity contribution in [3.05, 3.63) is 35.4 Å². The highest BCUT2D eigenvalue weighted by Crippen LogP contribution is 2.16. The molecule has 0 saturated carbocycles. The number of likely N-dealkylation sites (tertiary alicyclic amines) is 1. The second-order valence-electron chi connectivity index (χ2n) is 4.88. The van der Waals surface area contributed by atoms with E-state index in [4.69, 9.17) is 5.11 Å². The predicted octanol–water partition coefficient (Wildman–Crippen LogP) is 1.10. The summed E-state index contributed by atoms with van der Waals surface area (Å²) in [5.74, 6) is -0.911. The average molecular weight is 262 g/mol. The standard InChI is InChI=1S/C14H18N2O3/c1-10(17)15-12-6-7-16(9-12)8-11-4-2-3-5-13(11)14(18)19/h2-5,12H,6-9H2,1H3,(H,15,17)(H,18,19). The van der Waals surface area contributed by atoms with Crippen molar-refractivity contribution >= 4 is 11.9 Å². The molecule has 0 radical (unpaired) electrons. The van der Waals surface area contributed by atoms with Crippen molar-refractivity contribution in [3.8, 4) is 0 Å². The topological polar surface area (TPSA) is 69.6 Å². The first-order chi connectivity index (χ1) is 9.06. The van der Waals surface area contributed by atoms with Gasteiger partial charge in [0.15, 0.2) is 0 Å². The molecule has 1 fully saturated rings. The van der Waals surface area contributed by atoms with Crippen LogP contribution in [0.4, 0.5) is 0 Å². The third kappa shape index (κ3) is 3.54. The molecular formula is C14H18N2O3. The minimum atomic E-state index is -0.895. The van der Waals surface area contributed by atoms with E-state index in [1.807, 2.05) is 12.1 Å². The molecule has 1 saturated heterocycles. The zero-order chi connectivity index (χ0) is 13.8. The van der Waals surface area contributed by atoms with Crippen LogP contribution in [0.2, 0.25) is 0 Å². The molecule has 0 spiro atoms. The Hall–Kier alpha value is -1.88. The van der Waals surface area contributed by atoms with Crippen LogP contribution in [0.15, 0.2) is 24.3 Å². The Morgan fingerprint density at radius 2 is 2.16 bits per heavy atom. The zero-order valence-electron chi connectivity index (χ0n) is 10.9. The van der Waals surface area contributed by atoms with Crippen molar-refractivity contribution in [2.45, 2.75) is 25.9 Å². The van der Waals surface area contributed by atoms with Gasteiger partial charge in [-0.2, -0.15) is 0 Å². The highest BCUT2D eigenvalue weighted by Gasteiger charge is 2.23. The van der Waals surface area contributed by atoms with Crippen molar-refractivity contribution in [2.75, 3.05) is 13.1 Å². The van der Waals surface area contributed by atoms with Gasteiger partial charge in [-0.3, -0.25) is 9.69 Å². The molecule has 2 rings (SSSR count). The molecule has 1 heterocycles. The van der Waals surface area contributed by atoms with E-state index >= 15 is 0 Å². The summed E-state index contributed by atoms with van der Waals surface area (Å²) in [6, 6.07) is 7.23. The second-order valence-corrected chi connectivity index (χ2v) is 4.88. The summed E-state index contributed by atoms with van der Waals surface area (Å²) in [6.45, 7) is 3.77. The van der Waals surface area contributed by atoms with E-state index in [9.17, 15) is 9.59 Å². The lowest BCUT2D eigenvalue weighted by molar-refractivity contribution is -0.119. The number of aromatic carboxylic acids is 1. The van der Waals surface area contributed by atoms with Crippen LogP contribution in [0.5, 0.6) is 0 Å². The summed E-state index contributed by atoms with van der Waals surface area (Å²) in [5, 5.41) is 12.0. The van der Waals surface area contributed by atoms with Crippen LogP contribution in [-0.2, 0) is 11.3 Å². The first-order valence-electron chi connectivity index (χ1n) is 6.37. The number of nitrogens with zero attached hydrogens (tertiary/aromatic N) is 1. The van der Waals surface area contributed by atoms with E-state index in [-0.39, 0.29) is 11.9 Å². The molecule has 102 valence electrons. The summed E-state index contributed by atoms with van der Waals surface area (Å²) >= 11 is 0. The average Bonchev–Trinajstić information content (AvgIpc) is 2.76. The van der Waals surface area contributed by atoms with E-state index < -0.39 is 5.97 Å². The van der Waals surface area contributed by atoms with Gasteiger partial charge in [-0.25, -0.2) is 4.79 Å². The molecule has 5 heteroatoms. The maximum atomic E-state index is 11.1. The number of amides is 1. The summed E-state index contributed by atoms with van der Waals surface area (Å²) in [4.78, 5) is 24.3. The molecular weight excluding hydrogens is 244 g/mol. The van der Waals surface area contributed by atoms with Crippen molar-refractivity contribution < 1.29 is 14.7 Å². The van der Waals surface area contributed by atoms with E-state index in [0.29, 0.717) is 12.1 Å². The Morgan fingerprint density at radius 3 is 2.84 bits per heavy atom. The van der Waals surface area contributed by atoms with Crippen molar-refractivity contribution in [1.82, 2.24) is 10.2 Å². The third-order valence-corrected chi connectivity index (χ3v) is 3.32. The molecule has 0 aromatic heterocycles. The molecule has 2 N–H and O–H groups in total. The molecule has 0 aliphatic carbocycles. The minimum absolute atomic E-state index is 0.0159. The molecule has 1 unspecified atom stereocenters. The maximum absolute atomic E-state index is 11.1. The number of nitrogens with one attached hydrogen (secondary N) is 1. The van der Waals surface area contributed by atoms with E-state index in [2.05, 4.69) is 10.2 Å². The van der Waals surface area contributed by atoms with Crippen molar-refractivity contribution in [2.24, 2.45) is 0 Å². The number of benzene rings is 1. The first kappa shape index (κ1) is 13.5. The molecule has 1 aromatic carbocycles. The van der Waals surface area contributed by atoms with Crippen LogP contribution in [0.1, 0.15) is 29.3 Å². The van der Waals surface area contributed by atoms with Gasteiger partial charge < -0.3 is 10.4 Å². The van der Waals surface area contributed by atoms with Crippen LogP contribution in [0.3, 0.4) is 0 Å². The molecule has 1 amide bonds. The Morgan fingerprint density at radius 1 is 1.42 bits per heavy atom. The van der Waals surface area contributed by atoms with Crippen molar-refractivity contribution in [3.63, 3.8) is 0 Å². The van der Waals surface area contributed by atoms with E-state index in [0.717, 1.165) is 25.1 Å². The smallest absolute Gasteiger partial charge is 0.336 e. The van der Waals surface area contributed by atoms with E-state index in [1.165, 1.54) is 6.92 Å². The van der Waals surface area contributed by atoms with Gasteiger partial charge in [0.1, 0.15) is 0 Å². The highest BCUT2D eigenvalue weighted by atomic mass is 16.4. The number of carboxylic acids is 1. The Bertz CT molecular complexity index is 487. The van der Waals surface area contributed by atoms with Gasteiger partial charge >= 0.3 is 5.97 Å². The van der Waals surface area contributed by atoms with Gasteiger partial charge in [0, 0.05) is 32.6 Å². The van der Waals surface area contributed by atoms with Gasteiger partial charge in [0.2, 0.25) is 5.91 Å². The van der Waals surface area contributed by atoms with Crippen LogP contribution in [0, 0.1) is 0 Å². The Labute approximate surface area is 112 Å². The lowest BCUT2D eigenvalue weighted by Gasteiger charge is -2.17. The van der Waals surface area contributed by atoms with Gasteiger partial charge in [0.05, 0.1) is 5.56 Å². The number of rotatable bonds is 4. The maximum Gasteiger partial charge on any atom is 0.336 e. The lowest BCUT2D eigenvalue weighted by atomic mass is 10.1. The molecule has 19 heavy (non-hydrogen) atoms. The largest absolute Gasteiger partial charge is 0.478 e. The summed E-state index contributed by atoms with van der Waals surface area (Å²) in [6.07, 6.45) is 0.912. The fraction of sp³-hybridized carbons (Fsp3) is 0.429. The number of carboxylic acid groups (broad SMARTS) is 1. The van der Waals surface area contributed by atoms with Crippen LogP contribution in [-0.4, -0.2) is 41.0 Å².